The van der Waals surface area contributed by atoms with Crippen LogP contribution in [0.15, 0.2) is 55.1 Å². The van der Waals surface area contributed by atoms with Gasteiger partial charge in [-0.1, -0.05) is 0 Å². The molecule has 0 bridgehead atoms. The van der Waals surface area contributed by atoms with Crippen molar-refractivity contribution < 1.29 is 14.3 Å². The summed E-state index contributed by atoms with van der Waals surface area (Å²) in [6, 6.07) is 9.87. The van der Waals surface area contributed by atoms with Gasteiger partial charge in [0.05, 0.1) is 36.4 Å². The van der Waals surface area contributed by atoms with Crippen molar-refractivity contribution in [2.24, 2.45) is 0 Å². The monoisotopic (exact) mass is 443 g/mol. The lowest BCUT2D eigenvalue weighted by atomic mass is 10.0. The third-order valence-corrected chi connectivity index (χ3v) is 5.92. The second kappa shape index (κ2) is 8.99. The predicted octanol–water partition coefficient (Wildman–Crippen LogP) is 4.64. The van der Waals surface area contributed by atoms with Gasteiger partial charge >= 0.3 is 0 Å². The van der Waals surface area contributed by atoms with Crippen LogP contribution in [0, 0.1) is 0 Å². The number of fused-ring (bicyclic) bond motifs is 1. The molecule has 8 nitrogen and oxygen atoms in total. The van der Waals surface area contributed by atoms with Crippen LogP contribution in [-0.4, -0.2) is 44.4 Å². The van der Waals surface area contributed by atoms with E-state index in [-0.39, 0.29) is 11.9 Å². The first-order valence-electron chi connectivity index (χ1n) is 10.9. The number of hydrogen-bond acceptors (Lipinski definition) is 6. The van der Waals surface area contributed by atoms with Gasteiger partial charge in [-0.2, -0.15) is 0 Å². The van der Waals surface area contributed by atoms with E-state index in [2.05, 4.69) is 26.0 Å². The van der Waals surface area contributed by atoms with Gasteiger partial charge in [0, 0.05) is 49.4 Å². The molecular formula is C25H25N5O3. The van der Waals surface area contributed by atoms with Crippen molar-refractivity contribution in [2.45, 2.75) is 32.4 Å². The van der Waals surface area contributed by atoms with Crippen molar-refractivity contribution in [3.05, 3.63) is 66.4 Å². The predicted molar refractivity (Wildman–Crippen MR) is 124 cm³/mol. The number of ether oxygens (including phenoxy) is 2. The molecular weight excluding hydrogens is 418 g/mol. The zero-order valence-electron chi connectivity index (χ0n) is 18.6. The lowest BCUT2D eigenvalue weighted by Crippen LogP contribution is -2.28. The second-order valence-corrected chi connectivity index (χ2v) is 8.14. The summed E-state index contributed by atoms with van der Waals surface area (Å²) in [7, 11) is 1.64. The Morgan fingerprint density at radius 1 is 1.18 bits per heavy atom. The van der Waals surface area contributed by atoms with E-state index in [4.69, 9.17) is 9.47 Å². The first-order chi connectivity index (χ1) is 16.1. The first-order valence-corrected chi connectivity index (χ1v) is 10.9. The molecule has 8 heteroatoms. The number of benzene rings is 1. The topological polar surface area (TPSA) is 93.2 Å². The van der Waals surface area contributed by atoms with E-state index < -0.39 is 0 Å². The Morgan fingerprint density at radius 3 is 2.82 bits per heavy atom. The molecule has 1 fully saturated rings. The Kier molecular flexibility index (Phi) is 5.75. The van der Waals surface area contributed by atoms with Crippen LogP contribution in [0.2, 0.25) is 0 Å². The number of carbonyl (C=O) groups is 1. The summed E-state index contributed by atoms with van der Waals surface area (Å²) in [6.45, 7) is 2.82. The molecule has 0 spiro atoms. The van der Waals surface area contributed by atoms with Crippen LogP contribution in [-0.2, 0) is 16.1 Å². The van der Waals surface area contributed by atoms with Crippen molar-refractivity contribution in [1.82, 2.24) is 24.8 Å². The van der Waals surface area contributed by atoms with E-state index in [1.165, 1.54) is 0 Å². The molecule has 4 heterocycles. The quantitative estimate of drug-likeness (QED) is 0.467. The standard InChI is InChI=1S/C25H25N5O3/c1-16(31)30-9-3-4-24(30)20-12-21-17(10-22(29-21)23-14-26-7-8-27-23)11-25(20)33-19-6-5-18(15-32-2)28-13-19/h5-8,10-14,24,29H,3-4,9,15H2,1-2H3. The van der Waals surface area contributed by atoms with Crippen LogP contribution < -0.4 is 4.74 Å². The maximum Gasteiger partial charge on any atom is 0.219 e. The van der Waals surface area contributed by atoms with E-state index in [1.54, 1.807) is 38.8 Å². The summed E-state index contributed by atoms with van der Waals surface area (Å²) in [4.78, 5) is 30.6. The zero-order valence-corrected chi connectivity index (χ0v) is 18.6. The van der Waals surface area contributed by atoms with Crippen molar-refractivity contribution in [2.75, 3.05) is 13.7 Å². The molecule has 168 valence electrons. The van der Waals surface area contributed by atoms with Gasteiger partial charge in [-0.05, 0) is 43.2 Å². The summed E-state index contributed by atoms with van der Waals surface area (Å²) in [5.74, 6) is 1.42. The number of aromatic nitrogens is 4. The third kappa shape index (κ3) is 4.29. The molecule has 1 atom stereocenters. The van der Waals surface area contributed by atoms with Crippen molar-refractivity contribution in [3.8, 4) is 22.9 Å². The van der Waals surface area contributed by atoms with Crippen molar-refractivity contribution >= 4 is 16.8 Å². The van der Waals surface area contributed by atoms with E-state index >= 15 is 0 Å². The summed E-state index contributed by atoms with van der Waals surface area (Å²) in [5.41, 5.74) is 4.41. The Hall–Kier alpha value is -3.78. The number of pyridine rings is 1. The maximum atomic E-state index is 12.3. The van der Waals surface area contributed by atoms with Crippen LogP contribution in [0.1, 0.15) is 37.1 Å². The van der Waals surface area contributed by atoms with Gasteiger partial charge in [-0.3, -0.25) is 19.7 Å². The number of likely N-dealkylation sites (tertiary alicyclic amines) is 1. The highest BCUT2D eigenvalue weighted by Gasteiger charge is 2.31. The zero-order chi connectivity index (χ0) is 22.8. The molecule has 33 heavy (non-hydrogen) atoms. The molecule has 1 saturated heterocycles. The van der Waals surface area contributed by atoms with Gasteiger partial charge in [0.25, 0.3) is 0 Å². The molecule has 1 aromatic carbocycles. The minimum atomic E-state index is -0.0362. The number of hydrogen-bond donors (Lipinski definition) is 1. The molecule has 1 aliphatic heterocycles. The van der Waals surface area contributed by atoms with Crippen LogP contribution in [0.5, 0.6) is 11.5 Å². The maximum absolute atomic E-state index is 12.3. The highest BCUT2D eigenvalue weighted by molar-refractivity contribution is 5.88. The average molecular weight is 444 g/mol. The number of carbonyl (C=O) groups excluding carboxylic acids is 1. The lowest BCUT2D eigenvalue weighted by molar-refractivity contribution is -0.129. The third-order valence-electron chi connectivity index (χ3n) is 5.92. The lowest BCUT2D eigenvalue weighted by Gasteiger charge is -2.25. The summed E-state index contributed by atoms with van der Waals surface area (Å²) < 4.78 is 11.5. The molecule has 0 aliphatic carbocycles. The number of methoxy groups -OCH3 is 1. The van der Waals surface area contributed by atoms with Gasteiger partial charge in [-0.25, -0.2) is 0 Å². The Morgan fingerprint density at radius 2 is 2.09 bits per heavy atom. The van der Waals surface area contributed by atoms with Crippen LogP contribution in [0.25, 0.3) is 22.3 Å². The number of amides is 1. The summed E-state index contributed by atoms with van der Waals surface area (Å²) >= 11 is 0. The smallest absolute Gasteiger partial charge is 0.219 e. The van der Waals surface area contributed by atoms with Crippen molar-refractivity contribution in [3.63, 3.8) is 0 Å². The fourth-order valence-electron chi connectivity index (χ4n) is 4.40. The SMILES string of the molecule is COCc1ccc(Oc2cc3cc(-c4cnccn4)[nH]c3cc2C2CCCN2C(C)=O)cn1. The van der Waals surface area contributed by atoms with Crippen LogP contribution in [0.4, 0.5) is 0 Å². The van der Waals surface area contributed by atoms with E-state index in [0.717, 1.165) is 52.9 Å². The number of nitrogens with zero attached hydrogens (tertiary/aromatic N) is 4. The molecule has 0 saturated carbocycles. The Bertz CT molecular complexity index is 1270. The second-order valence-electron chi connectivity index (χ2n) is 8.14. The fraction of sp³-hybridized carbons (Fsp3) is 0.280. The molecule has 1 amide bonds. The van der Waals surface area contributed by atoms with E-state index in [0.29, 0.717) is 18.1 Å². The molecule has 4 aromatic rings. The highest BCUT2D eigenvalue weighted by atomic mass is 16.5. The number of rotatable bonds is 6. The molecule has 5 rings (SSSR count). The first kappa shape index (κ1) is 21.1. The fourth-order valence-corrected chi connectivity index (χ4v) is 4.40. The minimum Gasteiger partial charge on any atom is -0.455 e. The normalized spacial score (nSPS) is 15.8. The number of nitrogens with one attached hydrogen (secondary N) is 1. The van der Waals surface area contributed by atoms with E-state index in [9.17, 15) is 4.79 Å². The van der Waals surface area contributed by atoms with Gasteiger partial charge < -0.3 is 19.4 Å². The van der Waals surface area contributed by atoms with Gasteiger partial charge in [0.1, 0.15) is 17.2 Å². The Labute approximate surface area is 191 Å². The van der Waals surface area contributed by atoms with Gasteiger partial charge in [0.2, 0.25) is 5.91 Å². The van der Waals surface area contributed by atoms with Crippen molar-refractivity contribution in [1.29, 1.82) is 0 Å². The van der Waals surface area contributed by atoms with Gasteiger partial charge in [0.15, 0.2) is 0 Å². The van der Waals surface area contributed by atoms with Crippen LogP contribution in [0.3, 0.4) is 0 Å². The van der Waals surface area contributed by atoms with Crippen LogP contribution >= 0.6 is 0 Å². The van der Waals surface area contributed by atoms with Gasteiger partial charge in [-0.15, -0.1) is 0 Å². The molecule has 1 unspecified atom stereocenters. The molecule has 3 aromatic heterocycles. The highest BCUT2D eigenvalue weighted by Crippen LogP contribution is 2.41. The minimum absolute atomic E-state index is 0.0362. The molecule has 1 N–H and O–H groups in total. The number of aromatic amines is 1. The summed E-state index contributed by atoms with van der Waals surface area (Å²) in [6.07, 6.45) is 8.60. The van der Waals surface area contributed by atoms with E-state index in [1.807, 2.05) is 29.2 Å². The average Bonchev–Trinajstić information content (AvgIpc) is 3.48. The molecule has 1 aliphatic rings. The largest absolute Gasteiger partial charge is 0.455 e. The summed E-state index contributed by atoms with van der Waals surface area (Å²) in [5, 5.41) is 0.991. The molecule has 0 radical (unpaired) electrons. The number of H-pyrrole nitrogens is 1. The Balaban J connectivity index is 1.57.